The van der Waals surface area contributed by atoms with Crippen LogP contribution in [0.5, 0.6) is 0 Å². The summed E-state index contributed by atoms with van der Waals surface area (Å²) >= 11 is 0. The van der Waals surface area contributed by atoms with Crippen molar-refractivity contribution in [2.75, 3.05) is 7.11 Å². The molecule has 0 saturated carbocycles. The molecule has 0 aromatic carbocycles. The fourth-order valence-electron chi connectivity index (χ4n) is 8.67. The summed E-state index contributed by atoms with van der Waals surface area (Å²) < 4.78 is 83.6. The van der Waals surface area contributed by atoms with E-state index in [1.165, 1.54) is 39.8 Å². The van der Waals surface area contributed by atoms with Crippen molar-refractivity contribution in [1.82, 2.24) is 0 Å². The molecule has 422 valence electrons. The van der Waals surface area contributed by atoms with Crippen LogP contribution in [0, 0.1) is 0 Å². The predicted molar refractivity (Wildman–Crippen MR) is 336 cm³/mol. The first-order chi connectivity index (χ1) is 32.5. The Morgan fingerprint density at radius 3 is 1.06 bits per heavy atom. The molecule has 0 aromatic heterocycles. The smallest absolute Gasteiger partial charge is 0.338 e. The van der Waals surface area contributed by atoms with Gasteiger partial charge in [0.1, 0.15) is 0 Å². The Kier molecular flexibility index (Phi) is 34.9. The van der Waals surface area contributed by atoms with Crippen LogP contribution in [0.25, 0.3) is 0 Å². The summed E-state index contributed by atoms with van der Waals surface area (Å²) in [4.78, 5) is 216. The zero-order valence-corrected chi connectivity index (χ0v) is 80.4. The molecule has 18 N–H and O–H groups in total. The van der Waals surface area contributed by atoms with E-state index in [1.807, 2.05) is 0 Å². The molecular formula is C9H82O30Si31. The van der Waals surface area contributed by atoms with E-state index in [0.29, 0.717) is 0 Å². The zero-order chi connectivity index (χ0) is 55.0. The molecule has 30 nitrogen and oxygen atoms in total. The third kappa shape index (κ3) is 15.4. The number of rotatable bonds is 41. The second-order valence-electron chi connectivity index (χ2n) is 17.8. The molecule has 61 heteroatoms. The quantitative estimate of drug-likeness (QED) is 0.0253. The van der Waals surface area contributed by atoms with Crippen molar-refractivity contribution >= 4 is 269 Å². The molecule has 0 radical (unpaired) electrons. The van der Waals surface area contributed by atoms with Gasteiger partial charge in [-0.25, -0.2) is 0 Å². The van der Waals surface area contributed by atoms with Gasteiger partial charge in [-0.05, 0) is 52.4 Å². The highest BCUT2D eigenvalue weighted by atomic mass is 30.5. The van der Waals surface area contributed by atoms with E-state index < -0.39 is 259 Å². The maximum Gasteiger partial charge on any atom is 0.338 e. The molecule has 0 aliphatic carbocycles. The van der Waals surface area contributed by atoms with Crippen molar-refractivity contribution in [2.45, 2.75) is 52.4 Å². The highest BCUT2D eigenvalue weighted by Gasteiger charge is 2.98. The van der Waals surface area contributed by atoms with Crippen molar-refractivity contribution in [3.05, 3.63) is 0 Å². The van der Waals surface area contributed by atoms with Gasteiger partial charge < -0.3 is 136 Å². The maximum atomic E-state index is 13.0. The van der Waals surface area contributed by atoms with E-state index in [4.69, 9.17) is 49.7 Å². The molecule has 70 heavy (non-hydrogen) atoms. The fourth-order valence-corrected chi connectivity index (χ4v) is 591. The molecule has 0 saturated heterocycles. The molecule has 0 heterocycles. The van der Waals surface area contributed by atoms with E-state index in [9.17, 15) is 86.3 Å². The normalized spacial score (nSPS) is 25.4. The van der Waals surface area contributed by atoms with Crippen LogP contribution >= 0.6 is 0 Å². The van der Waals surface area contributed by atoms with Gasteiger partial charge in [-0.2, -0.15) is 0 Å². The monoisotopic (exact) mass is 1540 g/mol. The van der Waals surface area contributed by atoms with Crippen molar-refractivity contribution in [3.8, 4) is 0 Å². The zero-order valence-electron chi connectivity index (χ0n) is 41.4. The Morgan fingerprint density at radius 2 is 0.786 bits per heavy atom. The number of hydrogen-bond donors (Lipinski definition) is 18. The third-order valence-corrected chi connectivity index (χ3v) is 334. The predicted octanol–water partition coefficient (Wildman–Crippen LogP) is -27.7. The van der Waals surface area contributed by atoms with Gasteiger partial charge in [-0.1, -0.05) is 0 Å². The van der Waals surface area contributed by atoms with Crippen LogP contribution in [-0.2, 0) is 49.7 Å². The molecule has 0 bridgehead atoms. The van der Waals surface area contributed by atoms with Crippen LogP contribution in [0.4, 0.5) is 0 Å². The minimum Gasteiger partial charge on any atom is -0.441 e. The van der Waals surface area contributed by atoms with Crippen LogP contribution in [0.3, 0.4) is 0 Å². The largest absolute Gasteiger partial charge is 0.441 e. The Balaban J connectivity index is 12.6. The summed E-state index contributed by atoms with van der Waals surface area (Å²) in [5, 5.41) is 0. The molecule has 0 aromatic rings. The number of hydrogen-bond acceptors (Lipinski definition) is 30. The highest BCUT2D eigenvalue weighted by molar-refractivity contribution is 8.23. The van der Waals surface area contributed by atoms with Gasteiger partial charge in [0.2, 0.25) is 63.9 Å². The van der Waals surface area contributed by atoms with Crippen LogP contribution in [-0.4, -0.2) is 362 Å². The summed E-state index contributed by atoms with van der Waals surface area (Å²) in [6.45, 7) is -21.1. The molecule has 0 spiro atoms. The Hall–Kier alpha value is 5.52. The van der Waals surface area contributed by atoms with Crippen molar-refractivity contribution in [2.24, 2.45) is 0 Å². The first kappa shape index (κ1) is 75.5. The molecule has 0 aliphatic heterocycles. The first-order valence-corrected chi connectivity index (χ1v) is 100. The summed E-state index contributed by atoms with van der Waals surface area (Å²) in [5.74, 6) is 0. The lowest BCUT2D eigenvalue weighted by molar-refractivity contribution is 0.295. The lowest BCUT2D eigenvalue weighted by Crippen LogP contribution is -3.13. The fraction of sp³-hybridized carbons (Fsp3) is 1.00. The molecule has 0 aliphatic rings. The lowest BCUT2D eigenvalue weighted by Gasteiger charge is -2.70. The van der Waals surface area contributed by atoms with E-state index in [0.717, 1.165) is 0 Å². The second-order valence-corrected chi connectivity index (χ2v) is 191. The van der Waals surface area contributed by atoms with Crippen LogP contribution in [0.2, 0.25) is 52.4 Å². The van der Waals surface area contributed by atoms with E-state index in [1.54, 1.807) is 19.6 Å². The second kappa shape index (κ2) is 32.4. The Labute approximate surface area is 459 Å². The van der Waals surface area contributed by atoms with Crippen molar-refractivity contribution in [3.63, 3.8) is 0 Å². The average Bonchev–Trinajstić information content (AvgIpc) is 3.30. The van der Waals surface area contributed by atoms with Crippen molar-refractivity contribution in [1.29, 1.82) is 0 Å². The van der Waals surface area contributed by atoms with Gasteiger partial charge in [0.15, 0.2) is 81.8 Å². The average molecular weight is 1540 g/mol. The lowest BCUT2D eigenvalue weighted by atomic mass is 11.8. The minimum atomic E-state index is -6.58. The van der Waals surface area contributed by atoms with Gasteiger partial charge >= 0.3 is 31.3 Å². The Bertz CT molecular complexity index is 1460. The van der Waals surface area contributed by atoms with Gasteiger partial charge in [0.05, 0.1) is 9.76 Å². The molecule has 0 amide bonds. The summed E-state index contributed by atoms with van der Waals surface area (Å²) in [5.41, 5.74) is 0. The maximum absolute atomic E-state index is 13.0. The minimum absolute atomic E-state index is 0.109. The highest BCUT2D eigenvalue weighted by Crippen LogP contribution is 2.52. The van der Waals surface area contributed by atoms with Gasteiger partial charge in [-0.3, -0.25) is 0 Å². The van der Waals surface area contributed by atoms with E-state index in [-0.39, 0.29) is 9.76 Å². The molecule has 0 rings (SSSR count). The summed E-state index contributed by atoms with van der Waals surface area (Å²) in [7, 11) is -84.4. The van der Waals surface area contributed by atoms with E-state index in [2.05, 4.69) is 0 Å². The summed E-state index contributed by atoms with van der Waals surface area (Å²) in [6.07, 6.45) is 0. The topological polar surface area (TPSA) is 475 Å². The molecular weight excluding hydrogens is 1460 g/mol. The van der Waals surface area contributed by atoms with Crippen LogP contribution < -0.4 is 0 Å². The van der Waals surface area contributed by atoms with Gasteiger partial charge in [0, 0.05) is 7.11 Å². The first-order valence-electron chi connectivity index (χ1n) is 21.5. The van der Waals surface area contributed by atoms with Gasteiger partial charge in [0.25, 0.3) is 81.9 Å². The van der Waals surface area contributed by atoms with Crippen molar-refractivity contribution < 1.29 is 136 Å². The van der Waals surface area contributed by atoms with Gasteiger partial charge in [-0.15, -0.1) is 0 Å². The Morgan fingerprint density at radius 1 is 0.400 bits per heavy atom. The third-order valence-electron chi connectivity index (χ3n) is 11.7. The SMILES string of the molecule is CO[Si](C)([SiH3])O[Si]([Si](O[SiH2]O)([SiH2]O)[SiH2]O)([Si](O[SiH2]O)([SiH2]O)[SiH](C)O)[Si](O[Si](C)(C)O[Si](C)(C)C)(O[Si](O[SiH2]O)([SiH2]O)[SiH](C)O)[Si](O[Si](O[SiH2]O)([SiH2]O)[SiH2]O)([Si](O[SiH2]O)([SiH2]O)[SiH2]O)[Si](O[SiH2]O)([SiH2]O)[SiH2]O. The van der Waals surface area contributed by atoms with E-state index >= 15 is 0 Å². The summed E-state index contributed by atoms with van der Waals surface area (Å²) in [6, 6.07) is 0. The standard InChI is InChI=1S/C9H82O30Si31/c1-28-61(9,40)37-70(67(54-23,55-24)33-45-14,68(56-25,34-46-15)58(3)27)64(36-60(7,8)35-59(4,5)6,39-63(49-18,30-42-11)57(2)26)69(65(50-19,51-20)31-43-12,66(52-21,53-22)32-44-13)38-62(47-16,48-17)29-41-10/h10-27,57-58H,41-56H2,1-9,40H3. The van der Waals surface area contributed by atoms with Crippen LogP contribution in [0.1, 0.15) is 0 Å². The van der Waals surface area contributed by atoms with Crippen LogP contribution in [0.15, 0.2) is 0 Å². The molecule has 7 unspecified atom stereocenters. The molecule has 0 fully saturated rings. The molecule has 7 atom stereocenters.